The van der Waals surface area contributed by atoms with Crippen molar-refractivity contribution < 1.29 is 14.3 Å². The van der Waals surface area contributed by atoms with Gasteiger partial charge in [0.15, 0.2) is 0 Å². The molecule has 5 nitrogen and oxygen atoms in total. The van der Waals surface area contributed by atoms with Crippen molar-refractivity contribution in [3.8, 4) is 0 Å². The Balaban J connectivity index is 1.89. The van der Waals surface area contributed by atoms with Crippen molar-refractivity contribution in [1.29, 1.82) is 0 Å². The van der Waals surface area contributed by atoms with Gasteiger partial charge in [0.2, 0.25) is 0 Å². The van der Waals surface area contributed by atoms with Crippen LogP contribution in [-0.4, -0.2) is 27.2 Å². The van der Waals surface area contributed by atoms with Gasteiger partial charge in [0.05, 0.1) is 5.56 Å². The van der Waals surface area contributed by atoms with Gasteiger partial charge in [-0.05, 0) is 18.2 Å². The van der Waals surface area contributed by atoms with Crippen LogP contribution >= 0.6 is 0 Å². The third-order valence-electron chi connectivity index (χ3n) is 3.05. The van der Waals surface area contributed by atoms with Crippen LogP contribution in [0.5, 0.6) is 0 Å². The standard InChI is InChI=1S/C14H16FN3O2/c1-18-7-6-17-13(18)4-5-16-9-11-8-10(14(19)20)2-3-12(11)15/h2-3,6-8,16H,4-5,9H2,1H3,(H,19,20). The van der Waals surface area contributed by atoms with Gasteiger partial charge in [0.1, 0.15) is 11.6 Å². The summed E-state index contributed by atoms with van der Waals surface area (Å²) in [5.74, 6) is -0.518. The molecule has 1 aromatic heterocycles. The molecule has 0 aliphatic rings. The monoisotopic (exact) mass is 277 g/mol. The number of carboxylic acids is 1. The smallest absolute Gasteiger partial charge is 0.335 e. The van der Waals surface area contributed by atoms with E-state index in [1.165, 1.54) is 18.2 Å². The van der Waals surface area contributed by atoms with E-state index in [2.05, 4.69) is 10.3 Å². The Morgan fingerprint density at radius 3 is 2.95 bits per heavy atom. The Labute approximate surface area is 116 Å². The number of hydrogen-bond acceptors (Lipinski definition) is 3. The molecule has 6 heteroatoms. The average molecular weight is 277 g/mol. The van der Waals surface area contributed by atoms with Crippen molar-refractivity contribution in [2.24, 2.45) is 7.05 Å². The van der Waals surface area contributed by atoms with Gasteiger partial charge in [-0.3, -0.25) is 0 Å². The maximum absolute atomic E-state index is 13.5. The van der Waals surface area contributed by atoms with Crippen LogP contribution in [0.15, 0.2) is 30.6 Å². The highest BCUT2D eigenvalue weighted by molar-refractivity contribution is 5.87. The van der Waals surface area contributed by atoms with Crippen LogP contribution in [0.3, 0.4) is 0 Å². The molecule has 20 heavy (non-hydrogen) atoms. The zero-order valence-corrected chi connectivity index (χ0v) is 11.1. The fourth-order valence-corrected chi connectivity index (χ4v) is 1.90. The zero-order chi connectivity index (χ0) is 14.5. The van der Waals surface area contributed by atoms with E-state index in [-0.39, 0.29) is 12.1 Å². The Morgan fingerprint density at radius 2 is 2.30 bits per heavy atom. The number of nitrogens with one attached hydrogen (secondary N) is 1. The first-order chi connectivity index (χ1) is 9.58. The number of halogens is 1. The van der Waals surface area contributed by atoms with E-state index in [1.54, 1.807) is 6.20 Å². The third-order valence-corrected chi connectivity index (χ3v) is 3.05. The lowest BCUT2D eigenvalue weighted by molar-refractivity contribution is 0.0696. The van der Waals surface area contributed by atoms with E-state index in [4.69, 9.17) is 5.11 Å². The highest BCUT2D eigenvalue weighted by Crippen LogP contribution is 2.10. The molecule has 0 amide bonds. The Morgan fingerprint density at radius 1 is 1.50 bits per heavy atom. The van der Waals surface area contributed by atoms with Crippen molar-refractivity contribution in [2.45, 2.75) is 13.0 Å². The molecule has 106 valence electrons. The zero-order valence-electron chi connectivity index (χ0n) is 11.1. The number of rotatable bonds is 6. The van der Waals surface area contributed by atoms with Crippen LogP contribution in [0, 0.1) is 5.82 Å². The summed E-state index contributed by atoms with van der Waals surface area (Å²) in [6.45, 7) is 0.930. The van der Waals surface area contributed by atoms with Gasteiger partial charge in [0, 0.05) is 44.5 Å². The van der Waals surface area contributed by atoms with Crippen LogP contribution in [0.4, 0.5) is 4.39 Å². The maximum atomic E-state index is 13.5. The second-order valence-corrected chi connectivity index (χ2v) is 4.49. The highest BCUT2D eigenvalue weighted by Gasteiger charge is 2.08. The lowest BCUT2D eigenvalue weighted by atomic mass is 10.1. The van der Waals surface area contributed by atoms with E-state index in [9.17, 15) is 9.18 Å². The molecule has 0 saturated carbocycles. The Hall–Kier alpha value is -2.21. The molecule has 0 aliphatic carbocycles. The van der Waals surface area contributed by atoms with E-state index < -0.39 is 11.8 Å². The number of aromatic nitrogens is 2. The van der Waals surface area contributed by atoms with Gasteiger partial charge in [-0.1, -0.05) is 0 Å². The normalized spacial score (nSPS) is 10.7. The average Bonchev–Trinajstić information content (AvgIpc) is 2.82. The molecule has 1 aromatic carbocycles. The second kappa shape index (κ2) is 6.29. The van der Waals surface area contributed by atoms with Gasteiger partial charge >= 0.3 is 5.97 Å². The van der Waals surface area contributed by atoms with E-state index in [0.717, 1.165) is 12.2 Å². The van der Waals surface area contributed by atoms with Crippen LogP contribution in [0.2, 0.25) is 0 Å². The summed E-state index contributed by atoms with van der Waals surface area (Å²) in [4.78, 5) is 15.0. The predicted molar refractivity (Wildman–Crippen MR) is 72.0 cm³/mol. The Kier molecular flexibility index (Phi) is 4.47. The third kappa shape index (κ3) is 3.42. The van der Waals surface area contributed by atoms with Gasteiger partial charge < -0.3 is 15.0 Å². The number of benzene rings is 1. The van der Waals surface area contributed by atoms with Crippen molar-refractivity contribution in [3.63, 3.8) is 0 Å². The molecule has 0 unspecified atom stereocenters. The van der Waals surface area contributed by atoms with Crippen LogP contribution in [-0.2, 0) is 20.0 Å². The number of carboxylic acid groups (broad SMARTS) is 1. The first-order valence-corrected chi connectivity index (χ1v) is 6.26. The number of carbonyl (C=O) groups is 1. The molecule has 0 fully saturated rings. The van der Waals surface area contributed by atoms with Gasteiger partial charge in [-0.25, -0.2) is 14.2 Å². The van der Waals surface area contributed by atoms with E-state index in [0.29, 0.717) is 12.1 Å². The van der Waals surface area contributed by atoms with Crippen LogP contribution in [0.1, 0.15) is 21.7 Å². The minimum Gasteiger partial charge on any atom is -0.478 e. The van der Waals surface area contributed by atoms with Crippen LogP contribution in [0.25, 0.3) is 0 Å². The molecule has 1 heterocycles. The van der Waals surface area contributed by atoms with Gasteiger partial charge in [-0.15, -0.1) is 0 Å². The topological polar surface area (TPSA) is 67.2 Å². The fraction of sp³-hybridized carbons (Fsp3) is 0.286. The number of nitrogens with zero attached hydrogens (tertiary/aromatic N) is 2. The summed E-state index contributed by atoms with van der Waals surface area (Å²) < 4.78 is 15.5. The van der Waals surface area contributed by atoms with Gasteiger partial charge in [0.25, 0.3) is 0 Å². The minimum absolute atomic E-state index is 0.0901. The number of aryl methyl sites for hydroxylation is 1. The molecular weight excluding hydrogens is 261 g/mol. The predicted octanol–water partition coefficient (Wildman–Crippen LogP) is 1.59. The summed E-state index contributed by atoms with van der Waals surface area (Å²) in [5, 5.41) is 12.0. The second-order valence-electron chi connectivity index (χ2n) is 4.49. The number of hydrogen-bond donors (Lipinski definition) is 2. The molecule has 0 saturated heterocycles. The van der Waals surface area contributed by atoms with E-state index >= 15 is 0 Å². The number of aromatic carboxylic acids is 1. The minimum atomic E-state index is -1.06. The molecule has 2 rings (SSSR count). The van der Waals surface area contributed by atoms with Crippen LogP contribution < -0.4 is 5.32 Å². The molecule has 0 aliphatic heterocycles. The molecular formula is C14H16FN3O2. The number of imidazole rings is 1. The van der Waals surface area contributed by atoms with Crippen molar-refractivity contribution >= 4 is 5.97 Å². The largest absolute Gasteiger partial charge is 0.478 e. The SMILES string of the molecule is Cn1ccnc1CCNCc1cc(C(=O)O)ccc1F. The van der Waals surface area contributed by atoms with Crippen molar-refractivity contribution in [1.82, 2.24) is 14.9 Å². The highest BCUT2D eigenvalue weighted by atomic mass is 19.1. The molecule has 0 spiro atoms. The first kappa shape index (κ1) is 14.2. The quantitative estimate of drug-likeness (QED) is 0.787. The summed E-state index contributed by atoms with van der Waals surface area (Å²) in [7, 11) is 1.92. The summed E-state index contributed by atoms with van der Waals surface area (Å²) in [6.07, 6.45) is 4.32. The van der Waals surface area contributed by atoms with Crippen molar-refractivity contribution in [3.05, 3.63) is 53.4 Å². The molecule has 0 radical (unpaired) electrons. The maximum Gasteiger partial charge on any atom is 0.335 e. The molecule has 2 N–H and O–H groups in total. The summed E-state index contributed by atoms with van der Waals surface area (Å²) in [6, 6.07) is 3.79. The fourth-order valence-electron chi connectivity index (χ4n) is 1.90. The molecule has 0 bridgehead atoms. The Bertz CT molecular complexity index is 610. The van der Waals surface area contributed by atoms with Gasteiger partial charge in [-0.2, -0.15) is 0 Å². The summed E-state index contributed by atoms with van der Waals surface area (Å²) >= 11 is 0. The first-order valence-electron chi connectivity index (χ1n) is 6.26. The molecule has 2 aromatic rings. The van der Waals surface area contributed by atoms with Crippen molar-refractivity contribution in [2.75, 3.05) is 6.54 Å². The molecule has 0 atom stereocenters. The summed E-state index contributed by atoms with van der Waals surface area (Å²) in [5.41, 5.74) is 0.442. The lowest BCUT2D eigenvalue weighted by Crippen LogP contribution is -2.19. The van der Waals surface area contributed by atoms with E-state index in [1.807, 2.05) is 17.8 Å². The lowest BCUT2D eigenvalue weighted by Gasteiger charge is -2.07.